The molecule has 0 aliphatic rings. The van der Waals surface area contributed by atoms with Crippen molar-refractivity contribution < 1.29 is 14.3 Å². The summed E-state index contributed by atoms with van der Waals surface area (Å²) in [5, 5.41) is 3.08. The number of anilines is 1. The minimum Gasteiger partial charge on any atom is -0.427 e. The first-order chi connectivity index (χ1) is 18.1. The molecule has 3 aromatic rings. The van der Waals surface area contributed by atoms with Crippen LogP contribution in [0.25, 0.3) is 0 Å². The van der Waals surface area contributed by atoms with Crippen molar-refractivity contribution in [3.05, 3.63) is 84.4 Å². The highest BCUT2D eigenvalue weighted by Crippen LogP contribution is 2.31. The molecule has 0 unspecified atom stereocenters. The average Bonchev–Trinajstić information content (AvgIpc) is 2.92. The number of hydrogen-bond acceptors (Lipinski definition) is 4. The zero-order chi connectivity index (χ0) is 26.3. The van der Waals surface area contributed by atoms with Gasteiger partial charge < -0.3 is 10.1 Å². The van der Waals surface area contributed by atoms with Crippen molar-refractivity contribution in [2.24, 2.45) is 0 Å². The Balaban J connectivity index is 1.62. The highest BCUT2D eigenvalue weighted by atomic mass is 32.2. The fraction of sp³-hybridized carbons (Fsp3) is 0.355. The van der Waals surface area contributed by atoms with E-state index in [-0.39, 0.29) is 12.0 Å². The summed E-state index contributed by atoms with van der Waals surface area (Å²) >= 11 is 1.63. The van der Waals surface area contributed by atoms with Crippen molar-refractivity contribution in [2.75, 3.05) is 11.4 Å². The quantitative estimate of drug-likeness (QED) is 0.133. The van der Waals surface area contributed by atoms with Gasteiger partial charge in [-0.05, 0) is 66.9 Å². The summed E-state index contributed by atoms with van der Waals surface area (Å²) < 4.78 is 5.33. The molecular weight excluding hydrogens is 480 g/mol. The molecule has 5 nitrogen and oxygen atoms in total. The fourth-order valence-corrected chi connectivity index (χ4v) is 4.70. The maximum atomic E-state index is 13.1. The van der Waals surface area contributed by atoms with Crippen LogP contribution in [-0.4, -0.2) is 18.5 Å². The van der Waals surface area contributed by atoms with Crippen LogP contribution in [0.5, 0.6) is 5.75 Å². The molecule has 0 radical (unpaired) electrons. The van der Waals surface area contributed by atoms with Gasteiger partial charge in [-0.1, -0.05) is 81.6 Å². The van der Waals surface area contributed by atoms with E-state index in [1.807, 2.05) is 90.7 Å². The summed E-state index contributed by atoms with van der Waals surface area (Å²) in [4.78, 5) is 28.8. The molecule has 1 N–H and O–H groups in total. The van der Waals surface area contributed by atoms with Crippen LogP contribution in [0.2, 0.25) is 0 Å². The number of carbonyl (C=O) groups excluding carboxylic acids is 2. The van der Waals surface area contributed by atoms with Gasteiger partial charge in [-0.15, -0.1) is 0 Å². The lowest BCUT2D eigenvalue weighted by atomic mass is 10.1. The third kappa shape index (κ3) is 9.96. The third-order valence-corrected chi connectivity index (χ3v) is 6.93. The lowest BCUT2D eigenvalue weighted by molar-refractivity contribution is -0.134. The van der Waals surface area contributed by atoms with Gasteiger partial charge in [0.15, 0.2) is 0 Å². The Morgan fingerprint density at radius 1 is 0.784 bits per heavy atom. The van der Waals surface area contributed by atoms with Crippen molar-refractivity contribution in [2.45, 2.75) is 75.1 Å². The molecule has 0 aliphatic carbocycles. The Hall–Kier alpha value is -3.25. The van der Waals surface area contributed by atoms with Gasteiger partial charge in [-0.3, -0.25) is 9.69 Å². The number of nitrogens with zero attached hydrogens (tertiary/aromatic N) is 1. The SMILES string of the molecule is CCCCCCCN(C(=O)NCc1ccccc1)c1ccc(Sc2ccc(OC(=O)CCC)cc2)cc1. The number of benzene rings is 3. The van der Waals surface area contributed by atoms with Gasteiger partial charge >= 0.3 is 12.0 Å². The van der Waals surface area contributed by atoms with E-state index in [1.54, 1.807) is 11.8 Å². The second-order valence-electron chi connectivity index (χ2n) is 9.00. The van der Waals surface area contributed by atoms with Crippen LogP contribution < -0.4 is 15.0 Å². The van der Waals surface area contributed by atoms with Crippen LogP contribution in [0, 0.1) is 0 Å². The molecule has 0 spiro atoms. The molecule has 0 fully saturated rings. The van der Waals surface area contributed by atoms with Crippen molar-refractivity contribution in [3.63, 3.8) is 0 Å². The molecule has 0 aromatic heterocycles. The van der Waals surface area contributed by atoms with Gasteiger partial charge in [0.1, 0.15) is 5.75 Å². The first kappa shape index (κ1) is 28.3. The number of unbranched alkanes of at least 4 members (excludes halogenated alkanes) is 4. The van der Waals surface area contributed by atoms with Gasteiger partial charge in [0.05, 0.1) is 0 Å². The summed E-state index contributed by atoms with van der Waals surface area (Å²) in [6.45, 7) is 5.36. The van der Waals surface area contributed by atoms with Crippen LogP contribution in [0.15, 0.2) is 88.7 Å². The number of amides is 2. The fourth-order valence-electron chi connectivity index (χ4n) is 3.88. The van der Waals surface area contributed by atoms with Crippen molar-refractivity contribution >= 4 is 29.4 Å². The van der Waals surface area contributed by atoms with E-state index in [0.717, 1.165) is 40.3 Å². The third-order valence-electron chi connectivity index (χ3n) is 5.91. The van der Waals surface area contributed by atoms with E-state index < -0.39 is 0 Å². The first-order valence-corrected chi connectivity index (χ1v) is 14.1. The number of rotatable bonds is 14. The second kappa shape index (κ2) is 15.8. The summed E-state index contributed by atoms with van der Waals surface area (Å²) in [7, 11) is 0. The smallest absolute Gasteiger partial charge is 0.322 e. The highest BCUT2D eigenvalue weighted by Gasteiger charge is 2.15. The van der Waals surface area contributed by atoms with Gasteiger partial charge in [0.25, 0.3) is 0 Å². The summed E-state index contributed by atoms with van der Waals surface area (Å²) in [5.41, 5.74) is 1.97. The molecule has 0 atom stereocenters. The zero-order valence-electron chi connectivity index (χ0n) is 21.9. The van der Waals surface area contributed by atoms with E-state index in [2.05, 4.69) is 12.2 Å². The Morgan fingerprint density at radius 3 is 2.08 bits per heavy atom. The Kier molecular flexibility index (Phi) is 12.1. The summed E-state index contributed by atoms with van der Waals surface area (Å²) in [6, 6.07) is 25.6. The minimum atomic E-state index is -0.207. The maximum Gasteiger partial charge on any atom is 0.322 e. The van der Waals surface area contributed by atoms with Crippen LogP contribution in [0.3, 0.4) is 0 Å². The molecule has 2 amide bonds. The molecule has 196 valence electrons. The molecule has 6 heteroatoms. The Morgan fingerprint density at radius 2 is 1.43 bits per heavy atom. The van der Waals surface area contributed by atoms with Crippen LogP contribution in [0.4, 0.5) is 10.5 Å². The predicted octanol–water partition coefficient (Wildman–Crippen LogP) is 8.23. The van der Waals surface area contributed by atoms with E-state index >= 15 is 0 Å². The van der Waals surface area contributed by atoms with E-state index in [4.69, 9.17) is 4.74 Å². The zero-order valence-corrected chi connectivity index (χ0v) is 22.8. The van der Waals surface area contributed by atoms with Crippen molar-refractivity contribution in [1.82, 2.24) is 5.32 Å². The van der Waals surface area contributed by atoms with Crippen LogP contribution in [0.1, 0.15) is 64.4 Å². The van der Waals surface area contributed by atoms with Crippen LogP contribution >= 0.6 is 11.8 Å². The predicted molar refractivity (Wildman–Crippen MR) is 152 cm³/mol. The highest BCUT2D eigenvalue weighted by molar-refractivity contribution is 7.99. The topological polar surface area (TPSA) is 58.6 Å². The lowest BCUT2D eigenvalue weighted by Gasteiger charge is -2.24. The molecule has 3 rings (SSSR count). The van der Waals surface area contributed by atoms with Crippen molar-refractivity contribution in [1.29, 1.82) is 0 Å². The number of urea groups is 1. The largest absolute Gasteiger partial charge is 0.427 e. The van der Waals surface area contributed by atoms with Crippen LogP contribution in [-0.2, 0) is 11.3 Å². The van der Waals surface area contributed by atoms with Gasteiger partial charge in [0.2, 0.25) is 0 Å². The number of esters is 1. The Labute approximate surface area is 225 Å². The molecule has 0 saturated carbocycles. The number of nitrogens with one attached hydrogen (secondary N) is 1. The second-order valence-corrected chi connectivity index (χ2v) is 10.1. The lowest BCUT2D eigenvalue weighted by Crippen LogP contribution is -2.40. The molecule has 37 heavy (non-hydrogen) atoms. The van der Waals surface area contributed by atoms with E-state index in [9.17, 15) is 9.59 Å². The molecule has 3 aromatic carbocycles. The average molecular weight is 519 g/mol. The molecule has 0 saturated heterocycles. The van der Waals surface area contributed by atoms with Gasteiger partial charge in [0, 0.05) is 35.0 Å². The van der Waals surface area contributed by atoms with Gasteiger partial charge in [-0.2, -0.15) is 0 Å². The van der Waals surface area contributed by atoms with E-state index in [0.29, 0.717) is 25.3 Å². The molecule has 0 heterocycles. The minimum absolute atomic E-state index is 0.0760. The standard InChI is InChI=1S/C31H38N2O3S/c1-3-5-6-7-11-23-33(31(35)32-24-25-13-9-8-10-14-25)26-15-19-28(20-16-26)37-29-21-17-27(18-22-29)36-30(34)12-4-2/h8-10,13-22H,3-7,11-12,23-24H2,1-2H3,(H,32,35). The molecule has 0 aliphatic heterocycles. The first-order valence-electron chi connectivity index (χ1n) is 13.3. The normalized spacial score (nSPS) is 10.6. The van der Waals surface area contributed by atoms with E-state index in [1.165, 1.54) is 19.3 Å². The molecule has 0 bridgehead atoms. The van der Waals surface area contributed by atoms with Crippen molar-refractivity contribution in [3.8, 4) is 5.75 Å². The maximum absolute atomic E-state index is 13.1. The Bertz CT molecular complexity index is 1090. The number of carbonyl (C=O) groups is 2. The monoisotopic (exact) mass is 518 g/mol. The summed E-state index contributed by atoms with van der Waals surface area (Å²) in [6.07, 6.45) is 6.92. The number of hydrogen-bond donors (Lipinski definition) is 1. The molecular formula is C31H38N2O3S. The van der Waals surface area contributed by atoms with Gasteiger partial charge in [-0.25, -0.2) is 4.79 Å². The summed E-state index contributed by atoms with van der Waals surface area (Å²) in [5.74, 6) is 0.357. The number of ether oxygens (including phenoxy) is 1.